The number of carbonyl (C=O) groups is 1. The standard InChI is InChI=1S/C29H35ClN4O4S/c1-16-10-25(39-5)23(28(36)33-16)14-31-27(35)22-11-21(30)12-24-26(22)17(2)37-29(3,38-24)20-8-6-18(7-9-20)19-13-32-34(4)15-19/h10-13,15,17-18,20H,6-9,14H2,1-5H3,(H,31,35)(H,33,36). The summed E-state index contributed by atoms with van der Waals surface area (Å²) in [4.78, 5) is 29.6. The number of aryl methyl sites for hydroxylation is 2. The highest BCUT2D eigenvalue weighted by Gasteiger charge is 2.46. The quantitative estimate of drug-likeness (QED) is 0.359. The van der Waals surface area contributed by atoms with Gasteiger partial charge in [-0.15, -0.1) is 11.8 Å². The molecule has 0 radical (unpaired) electrons. The number of carbonyl (C=O) groups excluding carboxylic acids is 1. The topological polar surface area (TPSA) is 98.2 Å². The minimum Gasteiger partial charge on any atom is -0.462 e. The summed E-state index contributed by atoms with van der Waals surface area (Å²) in [6, 6.07) is 5.31. The third-order valence-corrected chi connectivity index (χ3v) is 9.04. The monoisotopic (exact) mass is 570 g/mol. The van der Waals surface area contributed by atoms with E-state index in [1.165, 1.54) is 17.3 Å². The molecule has 1 aliphatic heterocycles. The lowest BCUT2D eigenvalue weighted by molar-refractivity contribution is -0.249. The summed E-state index contributed by atoms with van der Waals surface area (Å²) in [6.07, 6.45) is 9.61. The second-order valence-corrected chi connectivity index (χ2v) is 12.0. The van der Waals surface area contributed by atoms with Gasteiger partial charge in [0.1, 0.15) is 5.75 Å². The Morgan fingerprint density at radius 3 is 2.69 bits per heavy atom. The molecule has 3 heterocycles. The SMILES string of the molecule is CSc1cc(C)[nH]c(=O)c1CNC(=O)c1cc(Cl)cc2c1C(C)OC(C)(C1CCC(c3cnn(C)c3)CC1)O2. The molecule has 2 unspecified atom stereocenters. The lowest BCUT2D eigenvalue weighted by Gasteiger charge is -2.46. The Balaban J connectivity index is 1.33. The van der Waals surface area contributed by atoms with E-state index in [2.05, 4.69) is 21.6 Å². The number of pyridine rings is 1. The van der Waals surface area contributed by atoms with Gasteiger partial charge < -0.3 is 19.8 Å². The molecule has 3 aromatic rings. The molecule has 208 valence electrons. The van der Waals surface area contributed by atoms with E-state index >= 15 is 0 Å². The summed E-state index contributed by atoms with van der Waals surface area (Å²) in [5, 5.41) is 7.65. The highest BCUT2D eigenvalue weighted by atomic mass is 35.5. The third kappa shape index (κ3) is 5.62. The molecule has 1 aliphatic carbocycles. The Bertz CT molecular complexity index is 1450. The van der Waals surface area contributed by atoms with Crippen LogP contribution in [-0.2, 0) is 18.3 Å². The maximum Gasteiger partial charge on any atom is 0.254 e. The van der Waals surface area contributed by atoms with Gasteiger partial charge in [0.2, 0.25) is 5.79 Å². The number of aromatic nitrogens is 3. The van der Waals surface area contributed by atoms with Crippen LogP contribution in [0, 0.1) is 12.8 Å². The molecule has 2 N–H and O–H groups in total. The first-order valence-corrected chi connectivity index (χ1v) is 14.9. The number of fused-ring (bicyclic) bond motifs is 1. The molecule has 1 saturated carbocycles. The fraction of sp³-hybridized carbons (Fsp3) is 0.483. The van der Waals surface area contributed by atoms with E-state index in [9.17, 15) is 9.59 Å². The highest BCUT2D eigenvalue weighted by molar-refractivity contribution is 7.98. The van der Waals surface area contributed by atoms with Gasteiger partial charge in [0, 0.05) is 59.4 Å². The van der Waals surface area contributed by atoms with Gasteiger partial charge in [-0.3, -0.25) is 14.3 Å². The largest absolute Gasteiger partial charge is 0.462 e. The zero-order valence-corrected chi connectivity index (χ0v) is 24.5. The van der Waals surface area contributed by atoms with Gasteiger partial charge in [0.05, 0.1) is 17.9 Å². The first-order chi connectivity index (χ1) is 18.6. The maximum atomic E-state index is 13.4. The van der Waals surface area contributed by atoms with Crippen LogP contribution < -0.4 is 15.6 Å². The van der Waals surface area contributed by atoms with Gasteiger partial charge in [-0.05, 0) is 75.5 Å². The van der Waals surface area contributed by atoms with Crippen LogP contribution in [0.4, 0.5) is 0 Å². The number of aromatic amines is 1. The molecule has 0 spiro atoms. The average Bonchev–Trinajstić information content (AvgIpc) is 3.33. The van der Waals surface area contributed by atoms with Crippen molar-refractivity contribution >= 4 is 29.3 Å². The van der Waals surface area contributed by atoms with Gasteiger partial charge in [-0.2, -0.15) is 5.10 Å². The van der Waals surface area contributed by atoms with E-state index < -0.39 is 5.79 Å². The molecule has 8 nitrogen and oxygen atoms in total. The molecular weight excluding hydrogens is 536 g/mol. The summed E-state index contributed by atoms with van der Waals surface area (Å²) in [5.41, 5.74) is 3.43. The molecule has 10 heteroatoms. The molecule has 2 aromatic heterocycles. The van der Waals surface area contributed by atoms with Crippen molar-refractivity contribution in [2.24, 2.45) is 13.0 Å². The van der Waals surface area contributed by atoms with Crippen molar-refractivity contribution in [1.29, 1.82) is 0 Å². The predicted molar refractivity (Wildman–Crippen MR) is 153 cm³/mol. The van der Waals surface area contributed by atoms with Crippen molar-refractivity contribution in [2.45, 2.75) is 75.7 Å². The Kier molecular flexibility index (Phi) is 7.86. The number of ether oxygens (including phenoxy) is 2. The smallest absolute Gasteiger partial charge is 0.254 e. The molecule has 2 aliphatic rings. The zero-order chi connectivity index (χ0) is 27.9. The molecule has 0 bridgehead atoms. The highest BCUT2D eigenvalue weighted by Crippen LogP contribution is 2.49. The number of nitrogens with zero attached hydrogens (tertiary/aromatic N) is 2. The van der Waals surface area contributed by atoms with Crippen LogP contribution >= 0.6 is 23.4 Å². The summed E-state index contributed by atoms with van der Waals surface area (Å²) in [7, 11) is 1.95. The van der Waals surface area contributed by atoms with Crippen LogP contribution in [-0.4, -0.2) is 32.7 Å². The number of rotatable bonds is 6. The number of nitrogens with one attached hydrogen (secondary N) is 2. The van der Waals surface area contributed by atoms with Crippen LogP contribution in [0.1, 0.15) is 84.3 Å². The van der Waals surface area contributed by atoms with Crippen LogP contribution in [0.5, 0.6) is 5.75 Å². The Labute approximate surface area is 237 Å². The lowest BCUT2D eigenvalue weighted by Crippen LogP contribution is -2.48. The first kappa shape index (κ1) is 27.8. The third-order valence-electron chi connectivity index (χ3n) is 8.02. The number of hydrogen-bond acceptors (Lipinski definition) is 6. The molecule has 1 aromatic carbocycles. The summed E-state index contributed by atoms with van der Waals surface area (Å²) >= 11 is 7.96. The summed E-state index contributed by atoms with van der Waals surface area (Å²) in [5.74, 6) is 0.105. The number of amides is 1. The second-order valence-electron chi connectivity index (χ2n) is 10.8. The average molecular weight is 571 g/mol. The van der Waals surface area contributed by atoms with E-state index in [1.54, 1.807) is 12.1 Å². The van der Waals surface area contributed by atoms with Crippen molar-refractivity contribution in [3.05, 3.63) is 73.9 Å². The fourth-order valence-electron chi connectivity index (χ4n) is 6.02. The molecule has 2 atom stereocenters. The summed E-state index contributed by atoms with van der Waals surface area (Å²) < 4.78 is 14.9. The molecule has 1 fully saturated rings. The van der Waals surface area contributed by atoms with E-state index in [0.29, 0.717) is 33.4 Å². The van der Waals surface area contributed by atoms with Crippen LogP contribution in [0.25, 0.3) is 0 Å². The van der Waals surface area contributed by atoms with Crippen LogP contribution in [0.15, 0.2) is 40.3 Å². The number of benzene rings is 1. The Hall–Kier alpha value is -2.75. The Morgan fingerprint density at radius 1 is 1.28 bits per heavy atom. The molecule has 5 rings (SSSR count). The number of thioether (sulfide) groups is 1. The van der Waals surface area contributed by atoms with E-state index in [1.807, 2.05) is 51.0 Å². The lowest BCUT2D eigenvalue weighted by atomic mass is 9.76. The zero-order valence-electron chi connectivity index (χ0n) is 23.0. The maximum absolute atomic E-state index is 13.4. The van der Waals surface area contributed by atoms with E-state index in [4.69, 9.17) is 21.1 Å². The molecular formula is C29H35ClN4O4S. The van der Waals surface area contributed by atoms with Gasteiger partial charge in [0.25, 0.3) is 11.5 Å². The Morgan fingerprint density at radius 2 is 2.03 bits per heavy atom. The van der Waals surface area contributed by atoms with Crippen LogP contribution in [0.3, 0.4) is 0 Å². The minimum atomic E-state index is -0.826. The normalized spacial score (nSPS) is 24.6. The number of halogens is 1. The first-order valence-electron chi connectivity index (χ1n) is 13.3. The van der Waals surface area contributed by atoms with Crippen molar-refractivity contribution in [3.8, 4) is 5.75 Å². The second kappa shape index (κ2) is 11.0. The van der Waals surface area contributed by atoms with Gasteiger partial charge in [-0.1, -0.05) is 11.6 Å². The predicted octanol–water partition coefficient (Wildman–Crippen LogP) is 5.88. The number of hydrogen-bond donors (Lipinski definition) is 2. The summed E-state index contributed by atoms with van der Waals surface area (Å²) in [6.45, 7) is 5.88. The van der Waals surface area contributed by atoms with Crippen molar-refractivity contribution in [2.75, 3.05) is 6.26 Å². The van der Waals surface area contributed by atoms with Crippen LogP contribution in [0.2, 0.25) is 5.02 Å². The molecule has 39 heavy (non-hydrogen) atoms. The number of H-pyrrole nitrogens is 1. The van der Waals surface area contributed by atoms with Gasteiger partial charge in [0.15, 0.2) is 0 Å². The molecule has 0 saturated heterocycles. The fourth-order valence-corrected chi connectivity index (χ4v) is 6.93. The van der Waals surface area contributed by atoms with Gasteiger partial charge >= 0.3 is 0 Å². The van der Waals surface area contributed by atoms with E-state index in [0.717, 1.165) is 36.3 Å². The van der Waals surface area contributed by atoms with Crippen molar-refractivity contribution in [3.63, 3.8) is 0 Å². The van der Waals surface area contributed by atoms with Crippen molar-refractivity contribution < 1.29 is 14.3 Å². The van der Waals surface area contributed by atoms with Gasteiger partial charge in [-0.25, -0.2) is 0 Å². The van der Waals surface area contributed by atoms with E-state index in [-0.39, 0.29) is 30.0 Å². The van der Waals surface area contributed by atoms with Crippen molar-refractivity contribution in [1.82, 2.24) is 20.1 Å². The minimum absolute atomic E-state index is 0.0971. The molecule has 1 amide bonds.